The summed E-state index contributed by atoms with van der Waals surface area (Å²) in [6.07, 6.45) is 0. The van der Waals surface area contributed by atoms with E-state index in [1.54, 1.807) is 6.61 Å². The monoisotopic (exact) mass is 178 g/mol. The summed E-state index contributed by atoms with van der Waals surface area (Å²) in [7, 11) is 4.07. The highest BCUT2D eigenvalue weighted by atomic mass is 16.5. The molecule has 0 unspecified atom stereocenters. The molecular formula is C11H16NO. The van der Waals surface area contributed by atoms with Gasteiger partial charge in [-0.25, -0.2) is 0 Å². The zero-order valence-electron chi connectivity index (χ0n) is 8.23. The van der Waals surface area contributed by atoms with Crippen LogP contribution < -0.4 is 0 Å². The molecule has 2 nitrogen and oxygen atoms in total. The second-order valence-electron chi connectivity index (χ2n) is 3.20. The zero-order valence-corrected chi connectivity index (χ0v) is 8.23. The van der Waals surface area contributed by atoms with Crippen molar-refractivity contribution in [2.24, 2.45) is 0 Å². The molecule has 0 bridgehead atoms. The van der Waals surface area contributed by atoms with Crippen molar-refractivity contribution >= 4 is 0 Å². The average molecular weight is 178 g/mol. The van der Waals surface area contributed by atoms with Crippen molar-refractivity contribution in [1.29, 1.82) is 0 Å². The lowest BCUT2D eigenvalue weighted by Crippen LogP contribution is -2.17. The van der Waals surface area contributed by atoms with Gasteiger partial charge in [-0.2, -0.15) is 0 Å². The van der Waals surface area contributed by atoms with Crippen LogP contribution in [0.5, 0.6) is 0 Å². The number of hydrogen-bond donors (Lipinski definition) is 0. The van der Waals surface area contributed by atoms with Crippen molar-refractivity contribution in [2.75, 3.05) is 27.2 Å². The largest absolute Gasteiger partial charge is 0.369 e. The van der Waals surface area contributed by atoms with E-state index in [2.05, 4.69) is 4.90 Å². The van der Waals surface area contributed by atoms with Gasteiger partial charge >= 0.3 is 0 Å². The first-order chi connectivity index (χ1) is 6.29. The lowest BCUT2D eigenvalue weighted by molar-refractivity contribution is 0.183. The van der Waals surface area contributed by atoms with Crippen LogP contribution in [0.25, 0.3) is 0 Å². The molecule has 0 fully saturated rings. The molecule has 0 spiro atoms. The van der Waals surface area contributed by atoms with Crippen molar-refractivity contribution in [3.05, 3.63) is 42.5 Å². The van der Waals surface area contributed by atoms with Crippen LogP contribution in [0.2, 0.25) is 0 Å². The van der Waals surface area contributed by atoms with Crippen LogP contribution in [0, 0.1) is 6.61 Å². The average Bonchev–Trinajstić information content (AvgIpc) is 2.14. The Hall–Kier alpha value is -0.860. The van der Waals surface area contributed by atoms with Crippen LogP contribution in [0.1, 0.15) is 5.56 Å². The lowest BCUT2D eigenvalue weighted by atomic mass is 10.2. The van der Waals surface area contributed by atoms with E-state index in [4.69, 9.17) is 4.74 Å². The summed E-state index contributed by atoms with van der Waals surface area (Å²) in [4.78, 5) is 2.10. The summed E-state index contributed by atoms with van der Waals surface area (Å²) >= 11 is 0. The second-order valence-corrected chi connectivity index (χ2v) is 3.20. The fourth-order valence-corrected chi connectivity index (χ4v) is 0.922. The molecule has 0 aromatic heterocycles. The fourth-order valence-electron chi connectivity index (χ4n) is 0.922. The second kappa shape index (κ2) is 5.73. The first-order valence-electron chi connectivity index (χ1n) is 4.43. The van der Waals surface area contributed by atoms with Gasteiger partial charge in [0.1, 0.15) is 6.61 Å². The Bertz CT molecular complexity index is 221. The Balaban J connectivity index is 2.13. The van der Waals surface area contributed by atoms with Gasteiger partial charge in [0.15, 0.2) is 0 Å². The van der Waals surface area contributed by atoms with Crippen molar-refractivity contribution in [3.8, 4) is 0 Å². The van der Waals surface area contributed by atoms with Crippen molar-refractivity contribution in [3.63, 3.8) is 0 Å². The number of ether oxygens (including phenoxy) is 1. The maximum absolute atomic E-state index is 5.36. The molecule has 2 heteroatoms. The molecule has 13 heavy (non-hydrogen) atoms. The van der Waals surface area contributed by atoms with Crippen molar-refractivity contribution < 1.29 is 4.74 Å². The van der Waals surface area contributed by atoms with Crippen molar-refractivity contribution in [2.45, 2.75) is 0 Å². The minimum Gasteiger partial charge on any atom is -0.369 e. The molecule has 0 aliphatic carbocycles. The Labute approximate surface area is 80.1 Å². The highest BCUT2D eigenvalue weighted by Gasteiger charge is 1.93. The van der Waals surface area contributed by atoms with Gasteiger partial charge in [0.2, 0.25) is 0 Å². The molecular weight excluding hydrogens is 162 g/mol. The van der Waals surface area contributed by atoms with Gasteiger partial charge in [-0.05, 0) is 19.7 Å². The lowest BCUT2D eigenvalue weighted by Gasteiger charge is -2.09. The molecule has 71 valence electrons. The van der Waals surface area contributed by atoms with Gasteiger partial charge in [-0.1, -0.05) is 30.3 Å². The van der Waals surface area contributed by atoms with E-state index in [-0.39, 0.29) is 0 Å². The van der Waals surface area contributed by atoms with Crippen molar-refractivity contribution in [1.82, 2.24) is 4.90 Å². The van der Waals surface area contributed by atoms with Crippen LogP contribution in [0.3, 0.4) is 0 Å². The van der Waals surface area contributed by atoms with Gasteiger partial charge < -0.3 is 9.64 Å². The van der Waals surface area contributed by atoms with Gasteiger partial charge in [0.05, 0.1) is 6.61 Å². The summed E-state index contributed by atoms with van der Waals surface area (Å²) in [6.45, 7) is 3.48. The predicted octanol–water partition coefficient (Wildman–Crippen LogP) is 1.77. The Morgan fingerprint density at radius 2 is 1.92 bits per heavy atom. The molecule has 1 radical (unpaired) electrons. The van der Waals surface area contributed by atoms with E-state index in [1.807, 2.05) is 44.4 Å². The Kier molecular flexibility index (Phi) is 4.50. The van der Waals surface area contributed by atoms with Gasteiger partial charge in [-0.15, -0.1) is 0 Å². The molecule has 0 N–H and O–H groups in total. The molecule has 0 aliphatic heterocycles. The molecule has 0 aliphatic rings. The third-order valence-electron chi connectivity index (χ3n) is 1.68. The first kappa shape index (κ1) is 10.2. The SMILES string of the molecule is CN(C)CCO[CH]c1ccccc1. The molecule has 0 atom stereocenters. The molecule has 0 saturated heterocycles. The third kappa shape index (κ3) is 4.65. The van der Waals surface area contributed by atoms with E-state index in [1.165, 1.54) is 0 Å². The third-order valence-corrected chi connectivity index (χ3v) is 1.68. The van der Waals surface area contributed by atoms with E-state index in [0.717, 1.165) is 18.7 Å². The minimum absolute atomic E-state index is 0.738. The predicted molar refractivity (Wildman–Crippen MR) is 54.4 cm³/mol. The normalized spacial score (nSPS) is 10.7. The topological polar surface area (TPSA) is 12.5 Å². The van der Waals surface area contributed by atoms with Gasteiger partial charge in [0.25, 0.3) is 0 Å². The number of rotatable bonds is 5. The van der Waals surface area contributed by atoms with Crippen LogP contribution in [0.15, 0.2) is 30.3 Å². The molecule has 0 heterocycles. The number of nitrogens with zero attached hydrogens (tertiary/aromatic N) is 1. The zero-order chi connectivity index (χ0) is 9.52. The van der Waals surface area contributed by atoms with Crippen LogP contribution in [0.4, 0.5) is 0 Å². The smallest absolute Gasteiger partial charge is 0.113 e. The summed E-state index contributed by atoms with van der Waals surface area (Å²) in [5.74, 6) is 0. The van der Waals surface area contributed by atoms with Gasteiger partial charge in [-0.3, -0.25) is 0 Å². The van der Waals surface area contributed by atoms with E-state index in [0.29, 0.717) is 0 Å². The summed E-state index contributed by atoms with van der Waals surface area (Å²) in [6, 6.07) is 10.0. The standard InChI is InChI=1S/C11H16NO/c1-12(2)8-9-13-10-11-6-4-3-5-7-11/h3-7,10H,8-9H2,1-2H3. The Morgan fingerprint density at radius 3 is 2.54 bits per heavy atom. The molecule has 1 aromatic rings. The molecule has 0 amide bonds. The number of hydrogen-bond acceptors (Lipinski definition) is 2. The van der Waals surface area contributed by atoms with E-state index >= 15 is 0 Å². The minimum atomic E-state index is 0.738. The Morgan fingerprint density at radius 1 is 1.23 bits per heavy atom. The summed E-state index contributed by atoms with van der Waals surface area (Å²) in [5, 5.41) is 0. The highest BCUT2D eigenvalue weighted by molar-refractivity contribution is 5.19. The molecule has 1 aromatic carbocycles. The highest BCUT2D eigenvalue weighted by Crippen LogP contribution is 2.01. The maximum atomic E-state index is 5.36. The van der Waals surface area contributed by atoms with Crippen LogP contribution in [-0.4, -0.2) is 32.1 Å². The quantitative estimate of drug-likeness (QED) is 0.637. The fraction of sp³-hybridized carbons (Fsp3) is 0.364. The van der Waals surface area contributed by atoms with Gasteiger partial charge in [0, 0.05) is 6.54 Å². The van der Waals surface area contributed by atoms with Crippen LogP contribution >= 0.6 is 0 Å². The molecule has 1 rings (SSSR count). The summed E-state index contributed by atoms with van der Waals surface area (Å²) < 4.78 is 5.36. The van der Waals surface area contributed by atoms with E-state index in [9.17, 15) is 0 Å². The van der Waals surface area contributed by atoms with E-state index < -0.39 is 0 Å². The summed E-state index contributed by atoms with van der Waals surface area (Å²) in [5.41, 5.74) is 1.11. The van der Waals surface area contributed by atoms with Crippen LogP contribution in [-0.2, 0) is 4.74 Å². The molecule has 0 saturated carbocycles. The maximum Gasteiger partial charge on any atom is 0.113 e. The number of likely N-dealkylation sites (N-methyl/N-ethyl adjacent to an activating group) is 1. The number of benzene rings is 1. The first-order valence-corrected chi connectivity index (χ1v) is 4.43.